The van der Waals surface area contributed by atoms with Gasteiger partial charge in [0.15, 0.2) is 0 Å². The summed E-state index contributed by atoms with van der Waals surface area (Å²) in [5.41, 5.74) is 3.55. The van der Waals surface area contributed by atoms with Crippen LogP contribution in [0.3, 0.4) is 0 Å². The van der Waals surface area contributed by atoms with Crippen molar-refractivity contribution in [2.75, 3.05) is 0 Å². The molecule has 1 unspecified atom stereocenters. The van der Waals surface area contributed by atoms with Crippen molar-refractivity contribution >= 4 is 11.0 Å². The number of aliphatic hydroxyl groups is 1. The van der Waals surface area contributed by atoms with E-state index in [-0.39, 0.29) is 5.41 Å². The summed E-state index contributed by atoms with van der Waals surface area (Å²) in [4.78, 5) is 0. The second kappa shape index (κ2) is 6.73. The number of para-hydroxylation sites is 2. The minimum absolute atomic E-state index is 0.362. The first kappa shape index (κ1) is 16.7. The van der Waals surface area contributed by atoms with E-state index in [1.54, 1.807) is 0 Å². The number of rotatable bonds is 6. The van der Waals surface area contributed by atoms with Gasteiger partial charge in [0.25, 0.3) is 0 Å². The number of hydrogen-bond acceptors (Lipinski definition) is 3. The third-order valence-electron chi connectivity index (χ3n) is 4.84. The summed E-state index contributed by atoms with van der Waals surface area (Å²) in [6.45, 7) is 6.35. The van der Waals surface area contributed by atoms with Crippen LogP contribution in [-0.4, -0.2) is 26.2 Å². The first-order valence-electron chi connectivity index (χ1n) is 8.64. The van der Waals surface area contributed by atoms with E-state index in [9.17, 15) is 5.11 Å². The van der Waals surface area contributed by atoms with E-state index in [2.05, 4.69) is 37.1 Å². The van der Waals surface area contributed by atoms with Gasteiger partial charge < -0.3 is 5.11 Å². The van der Waals surface area contributed by atoms with E-state index in [4.69, 9.17) is 0 Å². The zero-order chi connectivity index (χ0) is 17.2. The van der Waals surface area contributed by atoms with Gasteiger partial charge in [-0.05, 0) is 30.2 Å². The topological polar surface area (TPSA) is 50.9 Å². The molecule has 0 saturated heterocycles. The van der Waals surface area contributed by atoms with Gasteiger partial charge in [-0.3, -0.25) is 0 Å². The molecule has 0 spiro atoms. The lowest BCUT2D eigenvalue weighted by molar-refractivity contribution is 0.0889. The minimum Gasteiger partial charge on any atom is -0.392 e. The van der Waals surface area contributed by atoms with Gasteiger partial charge in [0, 0.05) is 5.41 Å². The summed E-state index contributed by atoms with van der Waals surface area (Å²) in [7, 11) is 0. The van der Waals surface area contributed by atoms with Crippen LogP contribution in [0.4, 0.5) is 0 Å². The smallest absolute Gasteiger partial charge is 0.113 e. The van der Waals surface area contributed by atoms with Crippen LogP contribution in [-0.2, 0) is 5.41 Å². The molecule has 0 aliphatic rings. The lowest BCUT2D eigenvalue weighted by Gasteiger charge is -2.33. The normalized spacial score (nSPS) is 13.3. The highest BCUT2D eigenvalue weighted by Crippen LogP contribution is 2.34. The lowest BCUT2D eigenvalue weighted by atomic mass is 9.76. The summed E-state index contributed by atoms with van der Waals surface area (Å²) in [6, 6.07) is 16.1. The van der Waals surface area contributed by atoms with Crippen LogP contribution in [0.15, 0.2) is 48.5 Å². The molecule has 0 aliphatic carbocycles. The Balaban J connectivity index is 2.08. The molecule has 0 radical (unpaired) electrons. The van der Waals surface area contributed by atoms with Gasteiger partial charge in [-0.1, -0.05) is 69.2 Å². The Morgan fingerprint density at radius 3 is 2.58 bits per heavy atom. The van der Waals surface area contributed by atoms with Crippen LogP contribution in [0.5, 0.6) is 0 Å². The molecule has 0 aliphatic heterocycles. The molecule has 1 N–H and O–H groups in total. The maximum Gasteiger partial charge on any atom is 0.113 e. The fourth-order valence-electron chi connectivity index (χ4n) is 3.19. The van der Waals surface area contributed by atoms with Crippen molar-refractivity contribution in [1.29, 1.82) is 0 Å². The van der Waals surface area contributed by atoms with E-state index in [1.807, 2.05) is 47.1 Å². The van der Waals surface area contributed by atoms with Crippen molar-refractivity contribution in [1.82, 2.24) is 15.0 Å². The molecule has 3 rings (SSSR count). The highest BCUT2D eigenvalue weighted by Gasteiger charge is 2.32. The molecule has 0 amide bonds. The predicted molar refractivity (Wildman–Crippen MR) is 97.4 cm³/mol. The van der Waals surface area contributed by atoms with Crippen molar-refractivity contribution in [3.05, 3.63) is 54.1 Å². The third kappa shape index (κ3) is 2.94. The first-order chi connectivity index (χ1) is 11.6. The predicted octanol–water partition coefficient (Wildman–Crippen LogP) is 4.25. The van der Waals surface area contributed by atoms with Crippen LogP contribution in [0.25, 0.3) is 16.7 Å². The Morgan fingerprint density at radius 2 is 1.79 bits per heavy atom. The molecule has 4 nitrogen and oxygen atoms in total. The Labute approximate surface area is 143 Å². The van der Waals surface area contributed by atoms with Gasteiger partial charge in [0.2, 0.25) is 0 Å². The highest BCUT2D eigenvalue weighted by molar-refractivity contribution is 5.76. The summed E-state index contributed by atoms with van der Waals surface area (Å²) in [5.74, 6) is 0. The largest absolute Gasteiger partial charge is 0.392 e. The zero-order valence-electron chi connectivity index (χ0n) is 14.6. The molecule has 2 aromatic carbocycles. The van der Waals surface area contributed by atoms with E-state index in [1.165, 1.54) is 0 Å². The van der Waals surface area contributed by atoms with Crippen LogP contribution in [0, 0.1) is 0 Å². The second-order valence-electron chi connectivity index (χ2n) is 6.89. The van der Waals surface area contributed by atoms with E-state index in [0.29, 0.717) is 0 Å². The number of fused-ring (bicyclic) bond motifs is 1. The average Bonchev–Trinajstić information content (AvgIpc) is 3.03. The summed E-state index contributed by atoms with van der Waals surface area (Å²) in [6.07, 6.45) is 2.52. The molecular formula is C20H25N3O. The van der Waals surface area contributed by atoms with Crippen LogP contribution in [0.2, 0.25) is 0 Å². The quantitative estimate of drug-likeness (QED) is 0.738. The Hall–Kier alpha value is -2.20. The molecule has 1 heterocycles. The molecule has 1 aromatic heterocycles. The number of unbranched alkanes of at least 4 members (excludes halogenated alkanes) is 1. The number of nitrogens with zero attached hydrogens (tertiary/aromatic N) is 3. The van der Waals surface area contributed by atoms with Crippen molar-refractivity contribution in [3.63, 3.8) is 0 Å². The fraction of sp³-hybridized carbons (Fsp3) is 0.400. The Bertz CT molecular complexity index is 822. The number of aliphatic hydroxyl groups excluding tert-OH is 1. The average molecular weight is 323 g/mol. The maximum absolute atomic E-state index is 10.8. The van der Waals surface area contributed by atoms with E-state index >= 15 is 0 Å². The molecule has 0 bridgehead atoms. The number of aromatic nitrogens is 3. The van der Waals surface area contributed by atoms with E-state index in [0.717, 1.165) is 41.5 Å². The lowest BCUT2D eigenvalue weighted by Crippen LogP contribution is -2.34. The molecular weight excluding hydrogens is 298 g/mol. The maximum atomic E-state index is 10.8. The van der Waals surface area contributed by atoms with Crippen molar-refractivity contribution < 1.29 is 5.11 Å². The van der Waals surface area contributed by atoms with Gasteiger partial charge in [-0.25, -0.2) is 4.68 Å². The van der Waals surface area contributed by atoms with Gasteiger partial charge in [-0.2, -0.15) is 0 Å². The van der Waals surface area contributed by atoms with E-state index < -0.39 is 6.10 Å². The molecule has 24 heavy (non-hydrogen) atoms. The third-order valence-corrected chi connectivity index (χ3v) is 4.84. The van der Waals surface area contributed by atoms with Gasteiger partial charge >= 0.3 is 0 Å². The Morgan fingerprint density at radius 1 is 1.08 bits per heavy atom. The molecule has 4 heteroatoms. The van der Waals surface area contributed by atoms with Crippen molar-refractivity contribution in [2.45, 2.75) is 51.6 Å². The standard InChI is InChI=1S/C20H25N3O/c1-4-5-14-19(24)20(2,3)15-10-6-8-12-17(15)23-18-13-9-7-11-16(18)21-22-23/h6-13,19,24H,4-5,14H2,1-3H3. The number of hydrogen-bond donors (Lipinski definition) is 1. The monoisotopic (exact) mass is 323 g/mol. The van der Waals surface area contributed by atoms with Gasteiger partial charge in [0.05, 0.1) is 17.3 Å². The molecule has 1 atom stereocenters. The summed E-state index contributed by atoms with van der Waals surface area (Å²) in [5, 5.41) is 19.4. The van der Waals surface area contributed by atoms with Crippen LogP contribution < -0.4 is 0 Å². The SMILES string of the molecule is CCCCC(O)C(C)(C)c1ccccc1-n1nnc2ccccc21. The Kier molecular flexibility index (Phi) is 4.67. The van der Waals surface area contributed by atoms with Gasteiger partial charge in [0.1, 0.15) is 5.52 Å². The molecule has 0 saturated carbocycles. The summed E-state index contributed by atoms with van der Waals surface area (Å²) >= 11 is 0. The minimum atomic E-state index is -0.395. The fourth-order valence-corrected chi connectivity index (χ4v) is 3.19. The summed E-state index contributed by atoms with van der Waals surface area (Å²) < 4.78 is 1.87. The van der Waals surface area contributed by atoms with Crippen LogP contribution in [0.1, 0.15) is 45.6 Å². The molecule has 0 fully saturated rings. The highest BCUT2D eigenvalue weighted by atomic mass is 16.3. The molecule has 3 aromatic rings. The zero-order valence-corrected chi connectivity index (χ0v) is 14.6. The molecule has 126 valence electrons. The first-order valence-corrected chi connectivity index (χ1v) is 8.64. The van der Waals surface area contributed by atoms with Crippen LogP contribution >= 0.6 is 0 Å². The number of benzene rings is 2. The van der Waals surface area contributed by atoms with Crippen molar-refractivity contribution in [3.8, 4) is 5.69 Å². The second-order valence-corrected chi connectivity index (χ2v) is 6.89. The van der Waals surface area contributed by atoms with Gasteiger partial charge in [-0.15, -0.1) is 5.10 Å². The van der Waals surface area contributed by atoms with Crippen molar-refractivity contribution in [2.24, 2.45) is 0 Å².